The normalized spacial score (nSPS) is 24.0. The molecule has 2 saturated heterocycles. The van der Waals surface area contributed by atoms with Crippen molar-refractivity contribution in [3.05, 3.63) is 0 Å². The van der Waals surface area contributed by atoms with Gasteiger partial charge in [-0.1, -0.05) is 6.42 Å². The molecule has 6 heteroatoms. The SMILES string of the molecule is CN=C(NCCN1CCCCC1C)N1CCC(CC(=O)NC)CC1. The molecule has 2 aliphatic rings. The van der Waals surface area contributed by atoms with Crippen molar-refractivity contribution in [3.63, 3.8) is 0 Å². The van der Waals surface area contributed by atoms with Crippen LogP contribution < -0.4 is 10.6 Å². The van der Waals surface area contributed by atoms with E-state index < -0.39 is 0 Å². The molecule has 0 aromatic rings. The van der Waals surface area contributed by atoms with Gasteiger partial charge in [-0.15, -0.1) is 0 Å². The molecular weight excluding hydrogens is 302 g/mol. The lowest BCUT2D eigenvalue weighted by Gasteiger charge is -2.36. The Morgan fingerprint density at radius 2 is 1.92 bits per heavy atom. The molecule has 6 nitrogen and oxygen atoms in total. The van der Waals surface area contributed by atoms with Gasteiger partial charge in [0.2, 0.25) is 5.91 Å². The summed E-state index contributed by atoms with van der Waals surface area (Å²) in [5, 5.41) is 6.26. The van der Waals surface area contributed by atoms with E-state index in [9.17, 15) is 4.79 Å². The van der Waals surface area contributed by atoms with Crippen LogP contribution >= 0.6 is 0 Å². The third-order valence-corrected chi connectivity index (χ3v) is 5.50. The van der Waals surface area contributed by atoms with Crippen LogP contribution in [0.5, 0.6) is 0 Å². The molecule has 0 bridgehead atoms. The van der Waals surface area contributed by atoms with Crippen LogP contribution in [0.4, 0.5) is 0 Å². The van der Waals surface area contributed by atoms with Gasteiger partial charge in [-0.3, -0.25) is 14.7 Å². The zero-order chi connectivity index (χ0) is 17.4. The molecule has 2 rings (SSSR count). The van der Waals surface area contributed by atoms with E-state index in [0.717, 1.165) is 45.0 Å². The van der Waals surface area contributed by atoms with Gasteiger partial charge in [0.1, 0.15) is 0 Å². The number of piperidine rings is 2. The van der Waals surface area contributed by atoms with Gasteiger partial charge in [0.05, 0.1) is 0 Å². The highest BCUT2D eigenvalue weighted by Crippen LogP contribution is 2.20. The standard InChI is InChI=1S/C18H35N5O/c1-15-6-4-5-10-22(15)13-9-21-18(20-3)23-11-7-16(8-12-23)14-17(24)19-2/h15-16H,4-14H2,1-3H3,(H,19,24)(H,20,21). The molecule has 1 amide bonds. The molecule has 2 aliphatic heterocycles. The molecule has 24 heavy (non-hydrogen) atoms. The molecule has 2 fully saturated rings. The lowest BCUT2D eigenvalue weighted by molar-refractivity contribution is -0.121. The molecule has 2 N–H and O–H groups in total. The summed E-state index contributed by atoms with van der Waals surface area (Å²) in [7, 11) is 3.58. The number of likely N-dealkylation sites (tertiary alicyclic amines) is 2. The van der Waals surface area contributed by atoms with Crippen LogP contribution in [0.3, 0.4) is 0 Å². The highest BCUT2D eigenvalue weighted by atomic mass is 16.1. The van der Waals surface area contributed by atoms with Gasteiger partial charge in [-0.05, 0) is 45.1 Å². The number of nitrogens with one attached hydrogen (secondary N) is 2. The average Bonchev–Trinajstić information content (AvgIpc) is 2.61. The summed E-state index contributed by atoms with van der Waals surface area (Å²) >= 11 is 0. The van der Waals surface area contributed by atoms with Gasteiger partial charge in [-0.25, -0.2) is 0 Å². The van der Waals surface area contributed by atoms with E-state index in [0.29, 0.717) is 18.4 Å². The van der Waals surface area contributed by atoms with Crippen molar-refractivity contribution in [2.24, 2.45) is 10.9 Å². The lowest BCUT2D eigenvalue weighted by Crippen LogP contribution is -2.49. The monoisotopic (exact) mass is 337 g/mol. The number of amides is 1. The van der Waals surface area contributed by atoms with Crippen LogP contribution in [-0.2, 0) is 4.79 Å². The van der Waals surface area contributed by atoms with E-state index in [1.807, 2.05) is 7.05 Å². The highest BCUT2D eigenvalue weighted by Gasteiger charge is 2.23. The fourth-order valence-corrected chi connectivity index (χ4v) is 3.85. The number of aliphatic imine (C=N–C) groups is 1. The van der Waals surface area contributed by atoms with Crippen LogP contribution in [-0.4, -0.2) is 74.5 Å². The average molecular weight is 338 g/mol. The number of guanidine groups is 1. The molecule has 1 unspecified atom stereocenters. The van der Waals surface area contributed by atoms with Crippen LogP contribution in [0.1, 0.15) is 45.4 Å². The minimum absolute atomic E-state index is 0.159. The van der Waals surface area contributed by atoms with Crippen LogP contribution in [0, 0.1) is 5.92 Å². The zero-order valence-electron chi connectivity index (χ0n) is 15.7. The Kier molecular flexibility index (Phi) is 7.82. The zero-order valence-corrected chi connectivity index (χ0v) is 15.7. The van der Waals surface area contributed by atoms with Crippen molar-refractivity contribution in [2.45, 2.75) is 51.5 Å². The van der Waals surface area contributed by atoms with Crippen molar-refractivity contribution in [1.29, 1.82) is 0 Å². The predicted octanol–water partition coefficient (Wildman–Crippen LogP) is 1.28. The quantitative estimate of drug-likeness (QED) is 0.586. The molecular formula is C18H35N5O. The Morgan fingerprint density at radius 1 is 1.17 bits per heavy atom. The van der Waals surface area contributed by atoms with E-state index >= 15 is 0 Å². The van der Waals surface area contributed by atoms with E-state index in [2.05, 4.69) is 32.3 Å². The Morgan fingerprint density at radius 3 is 2.54 bits per heavy atom. The first-order valence-electron chi connectivity index (χ1n) is 9.54. The Labute approximate surface area is 147 Å². The molecule has 0 aromatic heterocycles. The van der Waals surface area contributed by atoms with Crippen molar-refractivity contribution in [2.75, 3.05) is 46.8 Å². The third-order valence-electron chi connectivity index (χ3n) is 5.50. The molecule has 2 heterocycles. The first kappa shape index (κ1) is 19.0. The van der Waals surface area contributed by atoms with Gasteiger partial charge < -0.3 is 15.5 Å². The van der Waals surface area contributed by atoms with Crippen molar-refractivity contribution in [3.8, 4) is 0 Å². The number of nitrogens with zero attached hydrogens (tertiary/aromatic N) is 3. The molecule has 0 radical (unpaired) electrons. The summed E-state index contributed by atoms with van der Waals surface area (Å²) in [5.41, 5.74) is 0. The molecule has 0 spiro atoms. The summed E-state index contributed by atoms with van der Waals surface area (Å²) in [6, 6.07) is 0.711. The van der Waals surface area contributed by atoms with E-state index in [1.165, 1.54) is 25.8 Å². The molecule has 1 atom stereocenters. The fraction of sp³-hybridized carbons (Fsp3) is 0.889. The maximum absolute atomic E-state index is 11.5. The fourth-order valence-electron chi connectivity index (χ4n) is 3.85. The lowest BCUT2D eigenvalue weighted by atomic mass is 9.93. The van der Waals surface area contributed by atoms with E-state index in [-0.39, 0.29) is 5.91 Å². The molecule has 0 saturated carbocycles. The second-order valence-electron chi connectivity index (χ2n) is 7.16. The van der Waals surface area contributed by atoms with Crippen LogP contribution in [0.2, 0.25) is 0 Å². The van der Waals surface area contributed by atoms with E-state index in [1.54, 1.807) is 7.05 Å². The van der Waals surface area contributed by atoms with E-state index in [4.69, 9.17) is 0 Å². The number of carbonyl (C=O) groups excluding carboxylic acids is 1. The Balaban J connectivity index is 1.69. The van der Waals surface area contributed by atoms with Crippen LogP contribution in [0.15, 0.2) is 4.99 Å². The summed E-state index contributed by atoms with van der Waals surface area (Å²) in [4.78, 5) is 20.9. The third kappa shape index (κ3) is 5.65. The minimum atomic E-state index is 0.159. The number of rotatable bonds is 5. The van der Waals surface area contributed by atoms with Gasteiger partial charge in [0, 0.05) is 52.7 Å². The molecule has 138 valence electrons. The number of hydrogen-bond acceptors (Lipinski definition) is 3. The molecule has 0 aromatic carbocycles. The summed E-state index contributed by atoms with van der Waals surface area (Å²) in [5.74, 6) is 1.68. The Hall–Kier alpha value is -1.30. The summed E-state index contributed by atoms with van der Waals surface area (Å²) in [6.45, 7) is 7.59. The minimum Gasteiger partial charge on any atom is -0.359 e. The topological polar surface area (TPSA) is 60.0 Å². The summed E-state index contributed by atoms with van der Waals surface area (Å²) in [6.07, 6.45) is 6.82. The number of carbonyl (C=O) groups is 1. The molecule has 0 aliphatic carbocycles. The first-order valence-corrected chi connectivity index (χ1v) is 9.54. The Bertz CT molecular complexity index is 418. The van der Waals surface area contributed by atoms with Gasteiger partial charge in [0.15, 0.2) is 5.96 Å². The second-order valence-corrected chi connectivity index (χ2v) is 7.16. The number of hydrogen-bond donors (Lipinski definition) is 2. The van der Waals surface area contributed by atoms with Gasteiger partial charge in [0.25, 0.3) is 0 Å². The second kappa shape index (κ2) is 9.87. The largest absolute Gasteiger partial charge is 0.359 e. The maximum Gasteiger partial charge on any atom is 0.220 e. The summed E-state index contributed by atoms with van der Waals surface area (Å²) < 4.78 is 0. The highest BCUT2D eigenvalue weighted by molar-refractivity contribution is 5.80. The maximum atomic E-state index is 11.5. The van der Waals surface area contributed by atoms with Crippen LogP contribution in [0.25, 0.3) is 0 Å². The predicted molar refractivity (Wildman–Crippen MR) is 99.2 cm³/mol. The first-order chi connectivity index (χ1) is 11.6. The van der Waals surface area contributed by atoms with Crippen molar-refractivity contribution < 1.29 is 4.79 Å². The van der Waals surface area contributed by atoms with Crippen molar-refractivity contribution in [1.82, 2.24) is 20.4 Å². The smallest absolute Gasteiger partial charge is 0.220 e. The van der Waals surface area contributed by atoms with Crippen molar-refractivity contribution >= 4 is 11.9 Å². The van der Waals surface area contributed by atoms with Gasteiger partial charge >= 0.3 is 0 Å². The van der Waals surface area contributed by atoms with Gasteiger partial charge in [-0.2, -0.15) is 0 Å².